The van der Waals surface area contributed by atoms with Crippen LogP contribution in [0.2, 0.25) is 0 Å². The highest BCUT2D eigenvalue weighted by molar-refractivity contribution is 5.91. The van der Waals surface area contributed by atoms with Crippen LogP contribution in [0.3, 0.4) is 0 Å². The Balaban J connectivity index is 2.91. The molecular weight excluding hydrogens is 290 g/mol. The van der Waals surface area contributed by atoms with E-state index in [-0.39, 0.29) is 24.4 Å². The molecule has 128 valence electrons. The van der Waals surface area contributed by atoms with Gasteiger partial charge in [-0.15, -0.1) is 0 Å². The Bertz CT molecular complexity index is 541. The average Bonchev–Trinajstić information content (AvgIpc) is 2.49. The summed E-state index contributed by atoms with van der Waals surface area (Å²) in [6.07, 6.45) is 0.273. The first kappa shape index (κ1) is 19.0. The number of hydrogen-bond acceptors (Lipinski definition) is 2. The zero-order valence-electron chi connectivity index (χ0n) is 15.1. The van der Waals surface area contributed by atoms with E-state index in [0.29, 0.717) is 18.2 Å². The maximum absolute atomic E-state index is 12.6. The third kappa shape index (κ3) is 5.27. The minimum absolute atomic E-state index is 0.00888. The van der Waals surface area contributed by atoms with E-state index >= 15 is 0 Å². The Labute approximate surface area is 139 Å². The van der Waals surface area contributed by atoms with Crippen molar-refractivity contribution in [2.24, 2.45) is 5.92 Å². The molecule has 1 rings (SSSR count). The molecular formula is C18H29N3O2. The standard InChI is InChI=1S/C18H29N3O2/c1-7-21(14(4)13(2)3)18(23)19-16-11-9-8-10-15(16)12-17(22)20(5)6/h8-11,13-14H,7,12H2,1-6H3,(H,19,23)/t14-/m0/s1. The SMILES string of the molecule is CCN(C(=O)Nc1ccccc1CC(=O)N(C)C)[C@@H](C)C(C)C. The molecule has 0 saturated carbocycles. The summed E-state index contributed by atoms with van der Waals surface area (Å²) in [5, 5.41) is 2.96. The van der Waals surface area contributed by atoms with Crippen LogP contribution in [-0.4, -0.2) is 48.4 Å². The molecule has 1 aromatic rings. The van der Waals surface area contributed by atoms with E-state index in [4.69, 9.17) is 0 Å². The molecule has 0 aromatic heterocycles. The fourth-order valence-electron chi connectivity index (χ4n) is 2.28. The third-order valence-corrected chi connectivity index (χ3v) is 4.16. The van der Waals surface area contributed by atoms with Gasteiger partial charge in [0.1, 0.15) is 0 Å². The van der Waals surface area contributed by atoms with E-state index in [0.717, 1.165) is 5.56 Å². The van der Waals surface area contributed by atoms with Gasteiger partial charge in [0.05, 0.1) is 6.42 Å². The van der Waals surface area contributed by atoms with Gasteiger partial charge in [-0.2, -0.15) is 0 Å². The predicted octanol–water partition coefficient (Wildman–Crippen LogP) is 3.22. The second kappa shape index (κ2) is 8.56. The summed E-state index contributed by atoms with van der Waals surface area (Å²) >= 11 is 0. The number of benzene rings is 1. The average molecular weight is 319 g/mol. The smallest absolute Gasteiger partial charge is 0.322 e. The first-order valence-corrected chi connectivity index (χ1v) is 8.13. The van der Waals surface area contributed by atoms with E-state index in [1.54, 1.807) is 19.0 Å². The molecule has 5 heteroatoms. The van der Waals surface area contributed by atoms with Crippen molar-refractivity contribution in [1.82, 2.24) is 9.80 Å². The van der Waals surface area contributed by atoms with Gasteiger partial charge in [-0.05, 0) is 31.4 Å². The zero-order valence-corrected chi connectivity index (χ0v) is 15.1. The van der Waals surface area contributed by atoms with Crippen molar-refractivity contribution in [2.75, 3.05) is 26.0 Å². The van der Waals surface area contributed by atoms with E-state index in [9.17, 15) is 9.59 Å². The summed E-state index contributed by atoms with van der Waals surface area (Å²) in [4.78, 5) is 27.9. The van der Waals surface area contributed by atoms with Crippen LogP contribution in [0, 0.1) is 5.92 Å². The summed E-state index contributed by atoms with van der Waals surface area (Å²) in [7, 11) is 3.46. The van der Waals surface area contributed by atoms with Gasteiger partial charge in [0.2, 0.25) is 5.91 Å². The quantitative estimate of drug-likeness (QED) is 0.875. The van der Waals surface area contributed by atoms with Crippen LogP contribution in [0.4, 0.5) is 10.5 Å². The molecule has 0 spiro atoms. The van der Waals surface area contributed by atoms with Crippen molar-refractivity contribution in [3.63, 3.8) is 0 Å². The number of nitrogens with one attached hydrogen (secondary N) is 1. The van der Waals surface area contributed by atoms with E-state index in [1.807, 2.05) is 36.1 Å². The first-order valence-electron chi connectivity index (χ1n) is 8.13. The molecule has 0 unspecified atom stereocenters. The molecule has 0 saturated heterocycles. The highest BCUT2D eigenvalue weighted by Crippen LogP contribution is 2.18. The van der Waals surface area contributed by atoms with Crippen molar-refractivity contribution < 1.29 is 9.59 Å². The number of anilines is 1. The number of rotatable bonds is 6. The second-order valence-corrected chi connectivity index (χ2v) is 6.32. The van der Waals surface area contributed by atoms with Gasteiger partial charge in [0.25, 0.3) is 0 Å². The molecule has 0 heterocycles. The summed E-state index contributed by atoms with van der Waals surface area (Å²) in [5.74, 6) is 0.390. The van der Waals surface area contributed by atoms with E-state index in [2.05, 4.69) is 26.1 Å². The molecule has 0 aliphatic carbocycles. The van der Waals surface area contributed by atoms with Crippen LogP contribution in [0.1, 0.15) is 33.3 Å². The topological polar surface area (TPSA) is 52.7 Å². The van der Waals surface area contributed by atoms with Gasteiger partial charge in [-0.1, -0.05) is 32.0 Å². The zero-order chi connectivity index (χ0) is 17.6. The van der Waals surface area contributed by atoms with Crippen molar-refractivity contribution >= 4 is 17.6 Å². The van der Waals surface area contributed by atoms with E-state index < -0.39 is 0 Å². The maximum atomic E-state index is 12.6. The first-order chi connectivity index (χ1) is 10.8. The predicted molar refractivity (Wildman–Crippen MR) is 94.5 cm³/mol. The number of likely N-dealkylation sites (N-methyl/N-ethyl adjacent to an activating group) is 1. The second-order valence-electron chi connectivity index (χ2n) is 6.32. The fourth-order valence-corrected chi connectivity index (χ4v) is 2.28. The van der Waals surface area contributed by atoms with Gasteiger partial charge in [-0.3, -0.25) is 4.79 Å². The largest absolute Gasteiger partial charge is 0.349 e. The summed E-state index contributed by atoms with van der Waals surface area (Å²) in [6, 6.07) is 7.47. The van der Waals surface area contributed by atoms with Crippen molar-refractivity contribution in [2.45, 2.75) is 40.2 Å². The molecule has 1 atom stereocenters. The number of para-hydroxylation sites is 1. The van der Waals surface area contributed by atoms with Crippen LogP contribution in [0.5, 0.6) is 0 Å². The lowest BCUT2D eigenvalue weighted by atomic mass is 10.1. The minimum atomic E-state index is -0.126. The molecule has 5 nitrogen and oxygen atoms in total. The summed E-state index contributed by atoms with van der Waals surface area (Å²) in [6.45, 7) is 8.87. The monoisotopic (exact) mass is 319 g/mol. The lowest BCUT2D eigenvalue weighted by Gasteiger charge is -2.31. The van der Waals surface area contributed by atoms with Crippen LogP contribution in [0.15, 0.2) is 24.3 Å². The number of carbonyl (C=O) groups is 2. The molecule has 0 bridgehead atoms. The lowest BCUT2D eigenvalue weighted by Crippen LogP contribution is -2.43. The van der Waals surface area contributed by atoms with Crippen LogP contribution in [0.25, 0.3) is 0 Å². The molecule has 1 N–H and O–H groups in total. The molecule has 0 aliphatic rings. The molecule has 0 fully saturated rings. The minimum Gasteiger partial charge on any atom is -0.349 e. The van der Waals surface area contributed by atoms with Crippen molar-refractivity contribution in [3.05, 3.63) is 29.8 Å². The Hall–Kier alpha value is -2.04. The van der Waals surface area contributed by atoms with Crippen LogP contribution in [-0.2, 0) is 11.2 Å². The third-order valence-electron chi connectivity index (χ3n) is 4.16. The van der Waals surface area contributed by atoms with Gasteiger partial charge >= 0.3 is 6.03 Å². The maximum Gasteiger partial charge on any atom is 0.322 e. The number of amides is 3. The van der Waals surface area contributed by atoms with Gasteiger partial charge in [0.15, 0.2) is 0 Å². The fraction of sp³-hybridized carbons (Fsp3) is 0.556. The van der Waals surface area contributed by atoms with Crippen LogP contribution < -0.4 is 5.32 Å². The van der Waals surface area contributed by atoms with Crippen molar-refractivity contribution in [3.8, 4) is 0 Å². The summed E-state index contributed by atoms with van der Waals surface area (Å²) in [5.41, 5.74) is 1.52. The Morgan fingerprint density at radius 3 is 2.26 bits per heavy atom. The van der Waals surface area contributed by atoms with Gasteiger partial charge in [0, 0.05) is 32.4 Å². The molecule has 23 heavy (non-hydrogen) atoms. The van der Waals surface area contributed by atoms with E-state index in [1.165, 1.54) is 0 Å². The molecule has 1 aromatic carbocycles. The van der Waals surface area contributed by atoms with Crippen LogP contribution >= 0.6 is 0 Å². The number of hydrogen-bond donors (Lipinski definition) is 1. The normalized spacial score (nSPS) is 12.0. The highest BCUT2D eigenvalue weighted by atomic mass is 16.2. The Morgan fingerprint density at radius 1 is 1.13 bits per heavy atom. The number of nitrogens with zero attached hydrogens (tertiary/aromatic N) is 2. The summed E-state index contributed by atoms with van der Waals surface area (Å²) < 4.78 is 0. The molecule has 3 amide bonds. The number of urea groups is 1. The Kier molecular flexibility index (Phi) is 7.07. The highest BCUT2D eigenvalue weighted by Gasteiger charge is 2.22. The molecule has 0 aliphatic heterocycles. The lowest BCUT2D eigenvalue weighted by molar-refractivity contribution is -0.127. The Morgan fingerprint density at radius 2 is 1.74 bits per heavy atom. The van der Waals surface area contributed by atoms with Gasteiger partial charge in [-0.25, -0.2) is 4.79 Å². The number of carbonyl (C=O) groups excluding carboxylic acids is 2. The molecule has 0 radical (unpaired) electrons. The van der Waals surface area contributed by atoms with Crippen molar-refractivity contribution in [1.29, 1.82) is 0 Å². The van der Waals surface area contributed by atoms with Gasteiger partial charge < -0.3 is 15.1 Å².